The molecule has 0 spiro atoms. The molecule has 0 aliphatic carbocycles. The number of H-pyrrole nitrogens is 1. The van der Waals surface area contributed by atoms with E-state index in [0.29, 0.717) is 40.0 Å². The third kappa shape index (κ3) is 5.83. The van der Waals surface area contributed by atoms with E-state index >= 15 is 0 Å². The van der Waals surface area contributed by atoms with Crippen molar-refractivity contribution in [3.63, 3.8) is 0 Å². The Bertz CT molecular complexity index is 1760. The SMILES string of the molecule is NC(=O)CCc1ccc(N=C(c2ccccc2)c2c(O)[nH]c3ccc(S(=O)(=O)Nc4ccccc4)cc23)cc1. The Labute approximate surface area is 225 Å². The van der Waals surface area contributed by atoms with Crippen LogP contribution < -0.4 is 10.5 Å². The van der Waals surface area contributed by atoms with E-state index in [1.165, 1.54) is 12.1 Å². The van der Waals surface area contributed by atoms with Gasteiger partial charge in [-0.15, -0.1) is 0 Å². The number of carbonyl (C=O) groups is 1. The van der Waals surface area contributed by atoms with Crippen molar-refractivity contribution in [2.75, 3.05) is 4.72 Å². The van der Waals surface area contributed by atoms with E-state index in [9.17, 15) is 18.3 Å². The van der Waals surface area contributed by atoms with Crippen molar-refractivity contribution < 1.29 is 18.3 Å². The van der Waals surface area contributed by atoms with Gasteiger partial charge in [0.15, 0.2) is 5.88 Å². The van der Waals surface area contributed by atoms with Gasteiger partial charge in [-0.05, 0) is 54.4 Å². The predicted molar refractivity (Wildman–Crippen MR) is 153 cm³/mol. The van der Waals surface area contributed by atoms with E-state index in [-0.39, 0.29) is 23.1 Å². The van der Waals surface area contributed by atoms with Gasteiger partial charge in [0.1, 0.15) is 0 Å². The number of fused-ring (bicyclic) bond motifs is 1. The lowest BCUT2D eigenvalue weighted by atomic mass is 10.0. The summed E-state index contributed by atoms with van der Waals surface area (Å²) in [4.78, 5) is 19.0. The van der Waals surface area contributed by atoms with Crippen molar-refractivity contribution >= 4 is 43.9 Å². The van der Waals surface area contributed by atoms with E-state index < -0.39 is 10.0 Å². The van der Waals surface area contributed by atoms with Crippen LogP contribution in [0.2, 0.25) is 0 Å². The van der Waals surface area contributed by atoms with E-state index in [0.717, 1.165) is 11.1 Å². The number of aromatic amines is 1. The predicted octanol–water partition coefficient (Wildman–Crippen LogP) is 5.26. The Balaban J connectivity index is 1.60. The highest BCUT2D eigenvalue weighted by atomic mass is 32.2. The maximum atomic E-state index is 13.2. The second kappa shape index (κ2) is 10.8. The number of primary amides is 1. The zero-order chi connectivity index (χ0) is 27.4. The number of rotatable bonds is 9. The second-order valence-electron chi connectivity index (χ2n) is 8.99. The molecule has 0 saturated carbocycles. The molecule has 0 unspecified atom stereocenters. The molecule has 0 radical (unpaired) electrons. The molecular formula is C30H26N4O4S. The van der Waals surface area contributed by atoms with Crippen molar-refractivity contribution in [2.24, 2.45) is 10.7 Å². The third-order valence-electron chi connectivity index (χ3n) is 6.21. The first-order valence-electron chi connectivity index (χ1n) is 12.2. The fourth-order valence-electron chi connectivity index (χ4n) is 4.28. The summed E-state index contributed by atoms with van der Waals surface area (Å²) in [6.07, 6.45) is 0.786. The minimum absolute atomic E-state index is 0.0466. The van der Waals surface area contributed by atoms with Crippen molar-refractivity contribution in [3.05, 3.63) is 120 Å². The molecule has 4 aromatic carbocycles. The molecule has 0 atom stereocenters. The van der Waals surface area contributed by atoms with Gasteiger partial charge in [0.2, 0.25) is 5.91 Å². The molecule has 39 heavy (non-hydrogen) atoms. The first kappa shape index (κ1) is 25.7. The normalized spacial score (nSPS) is 11.9. The van der Waals surface area contributed by atoms with Crippen molar-refractivity contribution in [3.8, 4) is 5.88 Å². The molecule has 0 aliphatic heterocycles. The molecule has 0 bridgehead atoms. The number of nitrogens with one attached hydrogen (secondary N) is 2. The number of hydrogen-bond donors (Lipinski definition) is 4. The third-order valence-corrected chi connectivity index (χ3v) is 7.59. The quantitative estimate of drug-likeness (QED) is 0.190. The molecule has 8 nitrogen and oxygen atoms in total. The summed E-state index contributed by atoms with van der Waals surface area (Å²) in [5.41, 5.74) is 9.43. The summed E-state index contributed by atoms with van der Waals surface area (Å²) >= 11 is 0. The molecule has 0 aliphatic rings. The molecular weight excluding hydrogens is 512 g/mol. The minimum Gasteiger partial charge on any atom is -0.494 e. The number of para-hydroxylation sites is 1. The lowest BCUT2D eigenvalue weighted by molar-refractivity contribution is -0.117. The van der Waals surface area contributed by atoms with Crippen molar-refractivity contribution in [1.82, 2.24) is 4.98 Å². The lowest BCUT2D eigenvalue weighted by Crippen LogP contribution is -2.12. The van der Waals surface area contributed by atoms with Crippen LogP contribution in [0.15, 0.2) is 113 Å². The number of nitrogens with zero attached hydrogens (tertiary/aromatic N) is 1. The van der Waals surface area contributed by atoms with Crippen LogP contribution in [0.4, 0.5) is 11.4 Å². The number of aromatic nitrogens is 1. The fraction of sp³-hybridized carbons (Fsp3) is 0.0667. The second-order valence-corrected chi connectivity index (χ2v) is 10.7. The first-order chi connectivity index (χ1) is 18.8. The van der Waals surface area contributed by atoms with Crippen LogP contribution in [0.1, 0.15) is 23.1 Å². The Hall–Kier alpha value is -4.89. The summed E-state index contributed by atoms with van der Waals surface area (Å²) in [5, 5.41) is 11.5. The van der Waals surface area contributed by atoms with E-state index in [1.54, 1.807) is 36.4 Å². The summed E-state index contributed by atoms with van der Waals surface area (Å²) in [6, 6.07) is 30.0. The number of aliphatic imine (C=N–C) groups is 1. The summed E-state index contributed by atoms with van der Waals surface area (Å²) < 4.78 is 28.9. The molecule has 0 fully saturated rings. The standard InChI is InChI=1S/C30H26N4O4S/c31-27(35)18-13-20-11-14-22(15-12-20)32-29(21-7-3-1-4-8-21)28-25-19-24(16-17-26(25)33-30(28)36)39(37,38)34-23-9-5-2-6-10-23/h1-12,14-17,19,33-34,36H,13,18H2,(H2,31,35). The smallest absolute Gasteiger partial charge is 0.261 e. The highest BCUT2D eigenvalue weighted by molar-refractivity contribution is 7.92. The average molecular weight is 539 g/mol. The van der Waals surface area contributed by atoms with Gasteiger partial charge in [0.25, 0.3) is 10.0 Å². The van der Waals surface area contributed by atoms with Gasteiger partial charge in [0, 0.05) is 28.6 Å². The van der Waals surface area contributed by atoms with Crippen LogP contribution >= 0.6 is 0 Å². The molecule has 196 valence electrons. The van der Waals surface area contributed by atoms with Crippen LogP contribution in [0.5, 0.6) is 5.88 Å². The van der Waals surface area contributed by atoms with Crippen LogP contribution in [0.3, 0.4) is 0 Å². The van der Waals surface area contributed by atoms with Gasteiger partial charge in [-0.25, -0.2) is 13.4 Å². The summed E-state index contributed by atoms with van der Waals surface area (Å²) in [5.74, 6) is -0.491. The summed E-state index contributed by atoms with van der Waals surface area (Å²) in [6.45, 7) is 0. The molecule has 1 amide bonds. The van der Waals surface area contributed by atoms with E-state index in [4.69, 9.17) is 10.7 Å². The molecule has 1 heterocycles. The van der Waals surface area contributed by atoms with Gasteiger partial charge in [-0.3, -0.25) is 9.52 Å². The Kier molecular flexibility index (Phi) is 7.16. The summed E-state index contributed by atoms with van der Waals surface area (Å²) in [7, 11) is -3.90. The fourth-order valence-corrected chi connectivity index (χ4v) is 5.36. The van der Waals surface area contributed by atoms with Crippen LogP contribution in [0.25, 0.3) is 10.9 Å². The number of anilines is 1. The lowest BCUT2D eigenvalue weighted by Gasteiger charge is -2.10. The largest absolute Gasteiger partial charge is 0.494 e. The highest BCUT2D eigenvalue weighted by Gasteiger charge is 2.22. The number of aromatic hydroxyl groups is 1. The Morgan fingerprint density at radius 2 is 1.56 bits per heavy atom. The average Bonchev–Trinajstić information content (AvgIpc) is 3.26. The van der Waals surface area contributed by atoms with Crippen molar-refractivity contribution in [1.29, 1.82) is 0 Å². The zero-order valence-corrected chi connectivity index (χ0v) is 21.7. The van der Waals surface area contributed by atoms with Gasteiger partial charge in [0.05, 0.1) is 21.9 Å². The molecule has 5 N–H and O–H groups in total. The van der Waals surface area contributed by atoms with Gasteiger partial charge in [-0.2, -0.15) is 0 Å². The number of nitrogens with two attached hydrogens (primary N) is 1. The molecule has 5 aromatic rings. The van der Waals surface area contributed by atoms with Crippen LogP contribution in [-0.4, -0.2) is 30.1 Å². The number of amides is 1. The number of carbonyl (C=O) groups excluding carboxylic acids is 1. The monoisotopic (exact) mass is 538 g/mol. The number of hydrogen-bond acceptors (Lipinski definition) is 5. The molecule has 9 heteroatoms. The molecule has 5 rings (SSSR count). The zero-order valence-electron chi connectivity index (χ0n) is 20.8. The van der Waals surface area contributed by atoms with E-state index in [1.807, 2.05) is 54.6 Å². The minimum atomic E-state index is -3.90. The molecule has 0 saturated heterocycles. The maximum absolute atomic E-state index is 13.2. The van der Waals surface area contributed by atoms with Gasteiger partial charge < -0.3 is 15.8 Å². The first-order valence-corrected chi connectivity index (χ1v) is 13.7. The molecule has 1 aromatic heterocycles. The highest BCUT2D eigenvalue weighted by Crippen LogP contribution is 2.33. The topological polar surface area (TPSA) is 138 Å². The Morgan fingerprint density at radius 3 is 2.23 bits per heavy atom. The van der Waals surface area contributed by atoms with Gasteiger partial charge >= 0.3 is 0 Å². The van der Waals surface area contributed by atoms with Crippen LogP contribution in [-0.2, 0) is 21.2 Å². The van der Waals surface area contributed by atoms with Gasteiger partial charge in [-0.1, -0.05) is 60.7 Å². The van der Waals surface area contributed by atoms with E-state index in [2.05, 4.69) is 9.71 Å². The van der Waals surface area contributed by atoms with Crippen molar-refractivity contribution in [2.45, 2.75) is 17.7 Å². The van der Waals surface area contributed by atoms with Crippen LogP contribution in [0, 0.1) is 0 Å². The number of aryl methyl sites for hydroxylation is 1. The Morgan fingerprint density at radius 1 is 0.897 bits per heavy atom. The number of sulfonamides is 1. The maximum Gasteiger partial charge on any atom is 0.261 e. The number of benzene rings is 4.